The van der Waals surface area contributed by atoms with Crippen molar-refractivity contribution in [1.29, 1.82) is 5.41 Å². The maximum Gasteiger partial charge on any atom is 0.282 e. The van der Waals surface area contributed by atoms with Crippen molar-refractivity contribution >= 4 is 17.6 Å². The fraction of sp³-hybridized carbons (Fsp3) is 0.333. The Hall–Kier alpha value is -4.48. The molecule has 0 radical (unpaired) electrons. The van der Waals surface area contributed by atoms with Crippen molar-refractivity contribution in [3.8, 4) is 22.4 Å². The van der Waals surface area contributed by atoms with E-state index in [4.69, 9.17) is 11.1 Å². The highest BCUT2D eigenvalue weighted by molar-refractivity contribution is 5.94. The summed E-state index contributed by atoms with van der Waals surface area (Å²) in [6.07, 6.45) is 6.49. The first-order chi connectivity index (χ1) is 19.9. The van der Waals surface area contributed by atoms with Gasteiger partial charge < -0.3 is 31.6 Å². The number of imidazole rings is 1. The molecule has 0 aliphatic carbocycles. The van der Waals surface area contributed by atoms with Gasteiger partial charge in [0.15, 0.2) is 5.96 Å². The van der Waals surface area contributed by atoms with Gasteiger partial charge in [0.05, 0.1) is 11.3 Å². The van der Waals surface area contributed by atoms with Crippen LogP contribution in [0.2, 0.25) is 0 Å². The second-order valence-corrected chi connectivity index (χ2v) is 10.4. The number of guanidine groups is 1. The van der Waals surface area contributed by atoms with Crippen LogP contribution in [-0.4, -0.2) is 70.4 Å². The third kappa shape index (κ3) is 6.82. The van der Waals surface area contributed by atoms with Crippen molar-refractivity contribution in [2.24, 2.45) is 5.73 Å². The van der Waals surface area contributed by atoms with Gasteiger partial charge >= 0.3 is 0 Å². The molecule has 4 aromatic rings. The molecule has 0 saturated carbocycles. The maximum absolute atomic E-state index is 13.0. The van der Waals surface area contributed by atoms with E-state index in [0.717, 1.165) is 61.3 Å². The predicted octanol–water partition coefficient (Wildman–Crippen LogP) is 2.14. The molecule has 0 spiro atoms. The lowest BCUT2D eigenvalue weighted by Gasteiger charge is -2.31. The molecule has 214 valence electrons. The molecule has 2 aromatic carbocycles. The SMILES string of the molecule is CN(C(=O)c1ccc(-c2cn3cc(-c4ccc(CNCCCNC(=N)N)cc4)c(=O)nc3[nH]2)cc1)C1CCNCC1. The van der Waals surface area contributed by atoms with E-state index in [1.54, 1.807) is 6.20 Å². The molecule has 41 heavy (non-hydrogen) atoms. The number of fused-ring (bicyclic) bond motifs is 1. The van der Waals surface area contributed by atoms with E-state index in [9.17, 15) is 9.59 Å². The lowest BCUT2D eigenvalue weighted by atomic mass is 10.0. The number of aromatic nitrogens is 3. The highest BCUT2D eigenvalue weighted by atomic mass is 16.2. The van der Waals surface area contributed by atoms with Gasteiger partial charge in [-0.15, -0.1) is 0 Å². The fourth-order valence-electron chi connectivity index (χ4n) is 5.12. The van der Waals surface area contributed by atoms with Crippen molar-refractivity contribution in [1.82, 2.24) is 35.2 Å². The van der Waals surface area contributed by atoms with Gasteiger partial charge in [0.1, 0.15) is 0 Å². The second kappa shape index (κ2) is 12.8. The molecule has 0 bridgehead atoms. The maximum atomic E-state index is 13.0. The Morgan fingerprint density at radius 2 is 1.78 bits per heavy atom. The van der Waals surface area contributed by atoms with E-state index >= 15 is 0 Å². The summed E-state index contributed by atoms with van der Waals surface area (Å²) in [7, 11) is 1.88. The zero-order chi connectivity index (χ0) is 28.8. The Morgan fingerprint density at radius 1 is 1.07 bits per heavy atom. The number of nitrogens with two attached hydrogens (primary N) is 1. The lowest BCUT2D eigenvalue weighted by molar-refractivity contribution is 0.0703. The van der Waals surface area contributed by atoms with Crippen molar-refractivity contribution in [3.63, 3.8) is 0 Å². The summed E-state index contributed by atoms with van der Waals surface area (Å²) < 4.78 is 1.82. The van der Waals surface area contributed by atoms with Crippen LogP contribution in [0.1, 0.15) is 35.2 Å². The minimum atomic E-state index is -0.302. The molecule has 1 amide bonds. The number of nitrogens with zero attached hydrogens (tertiary/aromatic N) is 3. The third-order valence-corrected chi connectivity index (χ3v) is 7.52. The van der Waals surface area contributed by atoms with E-state index in [1.165, 1.54) is 0 Å². The van der Waals surface area contributed by atoms with Crippen LogP contribution >= 0.6 is 0 Å². The molecular weight excluding hydrogens is 518 g/mol. The first kappa shape index (κ1) is 28.1. The average Bonchev–Trinajstić information content (AvgIpc) is 3.41. The molecule has 11 heteroatoms. The topological polar surface area (TPSA) is 156 Å². The normalized spacial score (nSPS) is 13.8. The highest BCUT2D eigenvalue weighted by Gasteiger charge is 2.23. The van der Waals surface area contributed by atoms with Crippen molar-refractivity contribution in [2.45, 2.75) is 31.8 Å². The van der Waals surface area contributed by atoms with Crippen LogP contribution in [0.25, 0.3) is 28.2 Å². The fourth-order valence-corrected chi connectivity index (χ4v) is 5.12. The summed E-state index contributed by atoms with van der Waals surface area (Å²) in [6.45, 7) is 4.03. The lowest BCUT2D eigenvalue weighted by Crippen LogP contribution is -2.43. The van der Waals surface area contributed by atoms with Gasteiger partial charge in [-0.2, -0.15) is 4.98 Å². The summed E-state index contributed by atoms with van der Waals surface area (Å²) in [5, 5.41) is 16.6. The molecule has 0 atom stereocenters. The van der Waals surface area contributed by atoms with Crippen molar-refractivity contribution in [3.05, 3.63) is 82.4 Å². The Balaban J connectivity index is 1.25. The van der Waals surface area contributed by atoms with E-state index in [0.29, 0.717) is 30.0 Å². The van der Waals surface area contributed by atoms with Crippen LogP contribution in [0.15, 0.2) is 65.7 Å². The number of rotatable bonds is 10. The minimum absolute atomic E-state index is 0.0155. The summed E-state index contributed by atoms with van der Waals surface area (Å²) in [4.78, 5) is 35.2. The molecule has 3 heterocycles. The van der Waals surface area contributed by atoms with E-state index in [2.05, 4.69) is 25.9 Å². The highest BCUT2D eigenvalue weighted by Crippen LogP contribution is 2.22. The van der Waals surface area contributed by atoms with Gasteiger partial charge in [-0.05, 0) is 67.7 Å². The van der Waals surface area contributed by atoms with Crippen LogP contribution in [0.4, 0.5) is 0 Å². The van der Waals surface area contributed by atoms with Crippen LogP contribution < -0.4 is 27.2 Å². The number of carbonyl (C=O) groups excluding carboxylic acids is 1. The Labute approximate surface area is 238 Å². The van der Waals surface area contributed by atoms with Crippen molar-refractivity contribution in [2.75, 3.05) is 33.2 Å². The van der Waals surface area contributed by atoms with E-state index < -0.39 is 0 Å². The standard InChI is InChI=1S/C30H37N9O2/c1-38(24-11-15-33-16-12-24)28(41)23-9-7-22(8-10-23)26-19-39-18-25(27(40)37-30(39)36-26)21-5-3-20(4-6-21)17-34-13-2-14-35-29(31)32/h3-10,18-19,24,33-34H,2,11-17H2,1H3,(H4,31,32,35)(H,36,37,40). The minimum Gasteiger partial charge on any atom is -0.370 e. The van der Waals surface area contributed by atoms with Crippen LogP contribution in [-0.2, 0) is 6.54 Å². The molecule has 2 aromatic heterocycles. The Morgan fingerprint density at radius 3 is 2.49 bits per heavy atom. The van der Waals surface area contributed by atoms with Gasteiger partial charge in [-0.3, -0.25) is 19.4 Å². The summed E-state index contributed by atoms with van der Waals surface area (Å²) in [5.74, 6) is 0.471. The number of benzene rings is 2. The van der Waals surface area contributed by atoms with Crippen LogP contribution in [0.5, 0.6) is 0 Å². The van der Waals surface area contributed by atoms with Crippen LogP contribution in [0, 0.1) is 5.41 Å². The van der Waals surface area contributed by atoms with Gasteiger partial charge in [-0.1, -0.05) is 36.4 Å². The molecule has 0 unspecified atom stereocenters. The molecule has 1 aliphatic rings. The summed E-state index contributed by atoms with van der Waals surface area (Å²) in [6, 6.07) is 15.7. The second-order valence-electron chi connectivity index (χ2n) is 10.4. The largest absolute Gasteiger partial charge is 0.370 e. The van der Waals surface area contributed by atoms with Gasteiger partial charge in [-0.25, -0.2) is 0 Å². The monoisotopic (exact) mass is 555 g/mol. The zero-order valence-corrected chi connectivity index (χ0v) is 23.2. The first-order valence-electron chi connectivity index (χ1n) is 14.0. The quantitative estimate of drug-likeness (QED) is 0.0995. The predicted molar refractivity (Wildman–Crippen MR) is 161 cm³/mol. The molecule has 1 fully saturated rings. The molecule has 1 aliphatic heterocycles. The van der Waals surface area contributed by atoms with Crippen molar-refractivity contribution < 1.29 is 4.79 Å². The Kier molecular flexibility index (Phi) is 8.76. The Bertz CT molecular complexity index is 1550. The number of hydrogen-bond acceptors (Lipinski definition) is 6. The number of nitrogens with one attached hydrogen (secondary N) is 5. The molecule has 7 N–H and O–H groups in total. The molecular formula is C30H37N9O2. The first-order valence-corrected chi connectivity index (χ1v) is 14.0. The smallest absolute Gasteiger partial charge is 0.282 e. The number of piperidine rings is 1. The molecule has 11 nitrogen and oxygen atoms in total. The number of carbonyl (C=O) groups is 1. The zero-order valence-electron chi connectivity index (χ0n) is 23.2. The third-order valence-electron chi connectivity index (χ3n) is 7.52. The number of aromatic amines is 1. The van der Waals surface area contributed by atoms with E-state index in [1.807, 2.05) is 71.1 Å². The number of H-pyrrole nitrogens is 1. The van der Waals surface area contributed by atoms with Gasteiger partial charge in [0.2, 0.25) is 5.78 Å². The molecule has 5 rings (SSSR count). The number of hydrogen-bond donors (Lipinski definition) is 6. The number of amides is 1. The van der Waals surface area contributed by atoms with Gasteiger partial charge in [0, 0.05) is 44.1 Å². The summed E-state index contributed by atoms with van der Waals surface area (Å²) >= 11 is 0. The van der Waals surface area contributed by atoms with Crippen LogP contribution in [0.3, 0.4) is 0 Å². The summed E-state index contributed by atoms with van der Waals surface area (Å²) in [5.41, 5.74) is 9.77. The van der Waals surface area contributed by atoms with Gasteiger partial charge in [0.25, 0.3) is 11.5 Å². The van der Waals surface area contributed by atoms with E-state index in [-0.39, 0.29) is 23.5 Å². The average molecular weight is 556 g/mol. The molecule has 1 saturated heterocycles.